The van der Waals surface area contributed by atoms with Gasteiger partial charge < -0.3 is 19.9 Å². The minimum Gasteiger partial charge on any atom is -0.490 e. The van der Waals surface area contributed by atoms with Gasteiger partial charge in [0.15, 0.2) is 0 Å². The fourth-order valence-electron chi connectivity index (χ4n) is 5.20. The van der Waals surface area contributed by atoms with Gasteiger partial charge in [0.1, 0.15) is 23.5 Å². The number of aromatic nitrogens is 2. The second-order valence-corrected chi connectivity index (χ2v) is 10.4. The first-order chi connectivity index (χ1) is 18.3. The van der Waals surface area contributed by atoms with Crippen molar-refractivity contribution in [3.8, 4) is 16.9 Å². The predicted octanol–water partition coefficient (Wildman–Crippen LogP) is 6.00. The average molecular weight is 509 g/mol. The zero-order valence-corrected chi connectivity index (χ0v) is 22.4. The Morgan fingerprint density at radius 2 is 1.71 bits per heavy atom. The number of hydrogen-bond donors (Lipinski definition) is 3. The Morgan fingerprint density at radius 1 is 1.00 bits per heavy atom. The quantitative estimate of drug-likeness (QED) is 0.210. The molecule has 1 fully saturated rings. The summed E-state index contributed by atoms with van der Waals surface area (Å²) in [7, 11) is 0. The number of benzene rings is 3. The topological polar surface area (TPSA) is 104 Å². The van der Waals surface area contributed by atoms with Crippen LogP contribution in [-0.4, -0.2) is 45.3 Å². The van der Waals surface area contributed by atoms with Gasteiger partial charge in [-0.1, -0.05) is 50.2 Å². The number of fused-ring (bicyclic) bond motifs is 1. The number of piperidine rings is 1. The molecule has 1 aromatic heterocycles. The Hall–Kier alpha value is -4.13. The third-order valence-electron chi connectivity index (χ3n) is 7.26. The van der Waals surface area contributed by atoms with Gasteiger partial charge >= 0.3 is 0 Å². The van der Waals surface area contributed by atoms with E-state index in [1.54, 1.807) is 0 Å². The highest BCUT2D eigenvalue weighted by Gasteiger charge is 2.22. The van der Waals surface area contributed by atoms with E-state index in [1.165, 1.54) is 5.56 Å². The molecule has 4 N–H and O–H groups in total. The van der Waals surface area contributed by atoms with Crippen LogP contribution in [0.3, 0.4) is 0 Å². The van der Waals surface area contributed by atoms with Crippen molar-refractivity contribution in [2.45, 2.75) is 52.2 Å². The summed E-state index contributed by atoms with van der Waals surface area (Å²) >= 11 is 0. The van der Waals surface area contributed by atoms with Gasteiger partial charge in [0.05, 0.1) is 16.9 Å². The fraction of sp³-hybridized carbons (Fsp3) is 0.323. The lowest BCUT2D eigenvalue weighted by Gasteiger charge is -2.32. The first kappa shape index (κ1) is 25.5. The van der Waals surface area contributed by atoms with Crippen molar-refractivity contribution in [3.63, 3.8) is 0 Å². The maximum absolute atomic E-state index is 7.87. The summed E-state index contributed by atoms with van der Waals surface area (Å²) in [5.41, 5.74) is 11.8. The van der Waals surface area contributed by atoms with Gasteiger partial charge in [-0.3, -0.25) is 10.8 Å². The van der Waals surface area contributed by atoms with E-state index in [0.717, 1.165) is 65.2 Å². The molecule has 5 rings (SSSR count). The zero-order valence-electron chi connectivity index (χ0n) is 22.4. The van der Waals surface area contributed by atoms with Crippen LogP contribution >= 0.6 is 0 Å². The minimum absolute atomic E-state index is 0.0721. The molecule has 1 saturated heterocycles. The van der Waals surface area contributed by atoms with Gasteiger partial charge in [0.25, 0.3) is 0 Å². The van der Waals surface area contributed by atoms with Crippen molar-refractivity contribution >= 4 is 22.7 Å². The summed E-state index contributed by atoms with van der Waals surface area (Å²) in [6.07, 6.45) is 2.00. The minimum atomic E-state index is 0.0721. The lowest BCUT2D eigenvalue weighted by atomic mass is 10.0. The van der Waals surface area contributed by atoms with Crippen LogP contribution in [0.4, 0.5) is 0 Å². The molecule has 1 aliphatic heterocycles. The Kier molecular flexibility index (Phi) is 7.18. The number of nitrogen functional groups attached to an aromatic ring is 1. The number of nitrogens with one attached hydrogen (secondary N) is 2. The number of hydrogen-bond acceptors (Lipinski definition) is 4. The number of imidazole rings is 1. The van der Waals surface area contributed by atoms with Crippen LogP contribution in [-0.2, 0) is 6.54 Å². The van der Waals surface area contributed by atoms with Crippen molar-refractivity contribution < 1.29 is 4.74 Å². The molecule has 2 heterocycles. The Labute approximate surface area is 224 Å². The van der Waals surface area contributed by atoms with E-state index in [4.69, 9.17) is 26.3 Å². The first-order valence-electron chi connectivity index (χ1n) is 13.3. The lowest BCUT2D eigenvalue weighted by Crippen LogP contribution is -2.40. The highest BCUT2D eigenvalue weighted by Crippen LogP contribution is 2.29. The SMILES string of the molecule is CC(=N)N1CCC(Oc2ccc3nc(C(C)C)n(Cc4cccc(-c5cccc(C(=N)N)c5)c4)c3c2)CC1. The van der Waals surface area contributed by atoms with E-state index >= 15 is 0 Å². The molecular weight excluding hydrogens is 472 g/mol. The predicted molar refractivity (Wildman–Crippen MR) is 154 cm³/mol. The van der Waals surface area contributed by atoms with Crippen molar-refractivity contribution in [1.82, 2.24) is 14.5 Å². The van der Waals surface area contributed by atoms with Crippen LogP contribution < -0.4 is 10.5 Å². The number of rotatable bonds is 7. The van der Waals surface area contributed by atoms with Crippen molar-refractivity contribution in [2.24, 2.45) is 5.73 Å². The molecule has 7 nitrogen and oxygen atoms in total. The van der Waals surface area contributed by atoms with E-state index in [2.05, 4.69) is 65.8 Å². The molecule has 0 bridgehead atoms. The molecule has 0 amide bonds. The number of nitrogens with zero attached hydrogens (tertiary/aromatic N) is 3. The highest BCUT2D eigenvalue weighted by molar-refractivity contribution is 5.96. The molecule has 0 radical (unpaired) electrons. The van der Waals surface area contributed by atoms with Gasteiger partial charge in [-0.25, -0.2) is 4.98 Å². The number of likely N-dealkylation sites (tertiary alicyclic amines) is 1. The average Bonchev–Trinajstić information content (AvgIpc) is 3.27. The van der Waals surface area contributed by atoms with E-state index in [-0.39, 0.29) is 17.9 Å². The Balaban J connectivity index is 1.43. The molecule has 3 aromatic carbocycles. The Morgan fingerprint density at radius 3 is 2.39 bits per heavy atom. The molecule has 0 aliphatic carbocycles. The monoisotopic (exact) mass is 508 g/mol. The normalized spacial score (nSPS) is 14.3. The van der Waals surface area contributed by atoms with E-state index in [9.17, 15) is 0 Å². The third-order valence-corrected chi connectivity index (χ3v) is 7.26. The molecule has 0 unspecified atom stereocenters. The largest absolute Gasteiger partial charge is 0.490 e. The smallest absolute Gasteiger partial charge is 0.122 e. The van der Waals surface area contributed by atoms with Crippen LogP contribution in [0, 0.1) is 10.8 Å². The molecule has 0 saturated carbocycles. The van der Waals surface area contributed by atoms with Crippen molar-refractivity contribution in [1.29, 1.82) is 10.8 Å². The van der Waals surface area contributed by atoms with Crippen molar-refractivity contribution in [2.75, 3.05) is 13.1 Å². The number of ether oxygens (including phenoxy) is 1. The Bertz CT molecular complexity index is 1480. The zero-order chi connectivity index (χ0) is 26.8. The molecule has 0 spiro atoms. The molecular formula is C31H36N6O. The van der Waals surface area contributed by atoms with Crippen LogP contribution in [0.5, 0.6) is 5.75 Å². The van der Waals surface area contributed by atoms with E-state index in [0.29, 0.717) is 12.4 Å². The maximum Gasteiger partial charge on any atom is 0.122 e. The maximum atomic E-state index is 7.87. The summed E-state index contributed by atoms with van der Waals surface area (Å²) in [6, 6.07) is 22.6. The summed E-state index contributed by atoms with van der Waals surface area (Å²) < 4.78 is 8.71. The van der Waals surface area contributed by atoms with Gasteiger partial charge in [0.2, 0.25) is 0 Å². The summed E-state index contributed by atoms with van der Waals surface area (Å²) in [6.45, 7) is 8.63. The van der Waals surface area contributed by atoms with E-state index in [1.807, 2.05) is 31.2 Å². The van der Waals surface area contributed by atoms with Gasteiger partial charge in [0, 0.05) is 50.0 Å². The van der Waals surface area contributed by atoms with Gasteiger partial charge in [-0.15, -0.1) is 0 Å². The number of amidine groups is 2. The van der Waals surface area contributed by atoms with Crippen LogP contribution in [0.25, 0.3) is 22.2 Å². The fourth-order valence-corrected chi connectivity index (χ4v) is 5.20. The summed E-state index contributed by atoms with van der Waals surface area (Å²) in [4.78, 5) is 7.09. The van der Waals surface area contributed by atoms with E-state index < -0.39 is 0 Å². The molecule has 1 aliphatic rings. The lowest BCUT2D eigenvalue weighted by molar-refractivity contribution is 0.130. The van der Waals surface area contributed by atoms with Crippen LogP contribution in [0.1, 0.15) is 56.5 Å². The van der Waals surface area contributed by atoms with Crippen LogP contribution in [0.15, 0.2) is 66.7 Å². The van der Waals surface area contributed by atoms with Crippen molar-refractivity contribution in [3.05, 3.63) is 83.7 Å². The highest BCUT2D eigenvalue weighted by atomic mass is 16.5. The standard InChI is InChI=1S/C31H36N6O/c1-20(2)31-35-28-11-10-27(38-26-12-14-36(15-13-26)21(3)32)18-29(28)37(31)19-22-6-4-7-23(16-22)24-8-5-9-25(17-24)30(33)34/h4-11,16-18,20,26,32H,12-15,19H2,1-3H3,(H3,33,34). The molecule has 0 atom stereocenters. The second-order valence-electron chi connectivity index (χ2n) is 10.4. The van der Waals surface area contributed by atoms with Gasteiger partial charge in [-0.2, -0.15) is 0 Å². The molecule has 4 aromatic rings. The molecule has 38 heavy (non-hydrogen) atoms. The van der Waals surface area contributed by atoms with Crippen LogP contribution in [0.2, 0.25) is 0 Å². The molecule has 196 valence electrons. The summed E-state index contributed by atoms with van der Waals surface area (Å²) in [5.74, 6) is 2.90. The summed E-state index contributed by atoms with van der Waals surface area (Å²) in [5, 5.41) is 15.6. The first-order valence-corrected chi connectivity index (χ1v) is 13.3. The van der Waals surface area contributed by atoms with Gasteiger partial charge in [-0.05, 0) is 47.9 Å². The number of nitrogens with two attached hydrogens (primary N) is 1. The third kappa shape index (κ3) is 5.42. The molecule has 7 heteroatoms. The second kappa shape index (κ2) is 10.7.